The molecule has 0 aromatic rings. The summed E-state index contributed by atoms with van der Waals surface area (Å²) in [4.78, 5) is 0. The first-order valence-electron chi connectivity index (χ1n) is 2.47. The molecule has 6 heteroatoms. The van der Waals surface area contributed by atoms with Gasteiger partial charge in [0.1, 0.15) is 0 Å². The van der Waals surface area contributed by atoms with Crippen molar-refractivity contribution in [3.8, 4) is 0 Å². The van der Waals surface area contributed by atoms with Crippen molar-refractivity contribution in [2.75, 3.05) is 0 Å². The Bertz CT molecular complexity index is 130. The minimum absolute atomic E-state index is 0.889. The third-order valence-corrected chi connectivity index (χ3v) is 1.86. The van der Waals surface area contributed by atoms with Crippen LogP contribution >= 0.6 is 0 Å². The first-order chi connectivity index (χ1) is 4.46. The average molecular weight is 175 g/mol. The van der Waals surface area contributed by atoms with Crippen LogP contribution in [0.2, 0.25) is 0 Å². The molecule has 0 saturated carbocycles. The maximum Gasteiger partial charge on any atom is 0.270 e. The Hall–Kier alpha value is -0.100. The quantitative estimate of drug-likeness (QED) is 0.597. The Morgan fingerprint density at radius 1 is 1.40 bits per heavy atom. The summed E-state index contributed by atoms with van der Waals surface area (Å²) in [7, 11) is 0. The summed E-state index contributed by atoms with van der Waals surface area (Å²) in [6, 6.07) is 0. The van der Waals surface area contributed by atoms with E-state index in [1.54, 1.807) is 0 Å². The maximum absolute atomic E-state index is 12.0. The molecular formula is C4H6F3O2S-. The molecule has 0 aliphatic rings. The van der Waals surface area contributed by atoms with Gasteiger partial charge in [-0.05, 0) is 18.0 Å². The van der Waals surface area contributed by atoms with Gasteiger partial charge >= 0.3 is 0 Å². The highest BCUT2D eigenvalue weighted by Crippen LogP contribution is 2.12. The molecule has 0 radical (unpaired) electrons. The highest BCUT2D eigenvalue weighted by molar-refractivity contribution is 7.79. The van der Waals surface area contributed by atoms with E-state index in [1.807, 2.05) is 0 Å². The Kier molecular flexibility index (Phi) is 3.88. The van der Waals surface area contributed by atoms with Gasteiger partial charge in [-0.15, -0.1) is 0 Å². The van der Waals surface area contributed by atoms with Crippen molar-refractivity contribution >= 4 is 11.1 Å². The van der Waals surface area contributed by atoms with Crippen LogP contribution in [-0.2, 0) is 11.1 Å². The third-order valence-electron chi connectivity index (χ3n) is 0.993. The molecule has 0 aliphatic carbocycles. The van der Waals surface area contributed by atoms with Gasteiger partial charge in [-0.25, -0.2) is 13.2 Å². The minimum atomic E-state index is -3.23. The maximum atomic E-state index is 12.0. The molecule has 0 heterocycles. The van der Waals surface area contributed by atoms with Crippen molar-refractivity contribution < 1.29 is 21.9 Å². The zero-order chi connectivity index (χ0) is 8.31. The van der Waals surface area contributed by atoms with Crippen LogP contribution in [0, 0.1) is 0 Å². The zero-order valence-electron chi connectivity index (χ0n) is 5.09. The summed E-state index contributed by atoms with van der Waals surface area (Å²) < 4.78 is 54.6. The van der Waals surface area contributed by atoms with Crippen LogP contribution < -0.4 is 0 Å². The van der Waals surface area contributed by atoms with Crippen molar-refractivity contribution in [2.24, 2.45) is 0 Å². The second kappa shape index (κ2) is 3.92. The molecule has 0 saturated heterocycles. The third kappa shape index (κ3) is 2.66. The van der Waals surface area contributed by atoms with Crippen molar-refractivity contribution in [3.63, 3.8) is 0 Å². The van der Waals surface area contributed by atoms with Crippen molar-refractivity contribution in [1.29, 1.82) is 0 Å². The number of halogens is 3. The van der Waals surface area contributed by atoms with Gasteiger partial charge in [-0.2, -0.15) is 0 Å². The SMILES string of the molecule is CC(C(F)C(F)F)S(=O)[O-]. The number of hydrogen-bond acceptors (Lipinski definition) is 2. The van der Waals surface area contributed by atoms with Crippen molar-refractivity contribution in [1.82, 2.24) is 0 Å². The van der Waals surface area contributed by atoms with Crippen molar-refractivity contribution in [2.45, 2.75) is 24.8 Å². The molecule has 2 nitrogen and oxygen atoms in total. The monoisotopic (exact) mass is 175 g/mol. The lowest BCUT2D eigenvalue weighted by Gasteiger charge is -2.17. The van der Waals surface area contributed by atoms with E-state index >= 15 is 0 Å². The largest absolute Gasteiger partial charge is 0.772 e. The van der Waals surface area contributed by atoms with E-state index in [4.69, 9.17) is 0 Å². The Morgan fingerprint density at radius 3 is 1.90 bits per heavy atom. The fourth-order valence-corrected chi connectivity index (χ4v) is 0.642. The van der Waals surface area contributed by atoms with Gasteiger partial charge in [0.15, 0.2) is 6.17 Å². The van der Waals surface area contributed by atoms with Gasteiger partial charge < -0.3 is 4.55 Å². The van der Waals surface area contributed by atoms with E-state index in [2.05, 4.69) is 0 Å². The Balaban J connectivity index is 3.94. The molecule has 0 fully saturated rings. The molecule has 0 aliphatic heterocycles. The van der Waals surface area contributed by atoms with Crippen LogP contribution in [0.25, 0.3) is 0 Å². The molecule has 3 atom stereocenters. The van der Waals surface area contributed by atoms with Crippen LogP contribution in [0.3, 0.4) is 0 Å². The minimum Gasteiger partial charge on any atom is -0.772 e. The lowest BCUT2D eigenvalue weighted by molar-refractivity contribution is 0.0495. The second-order valence-corrected chi connectivity index (χ2v) is 3.01. The standard InChI is InChI=1S/C4H7F3O2S/c1-2(10(8)9)3(5)4(6)7/h2-4H,1H3,(H,8,9)/p-1. The molecule has 0 N–H and O–H groups in total. The number of rotatable bonds is 3. The molecule has 10 heavy (non-hydrogen) atoms. The lowest BCUT2D eigenvalue weighted by atomic mass is 10.3. The summed E-state index contributed by atoms with van der Waals surface area (Å²) in [6.45, 7) is 0.889. The average Bonchev–Trinajstić information content (AvgIpc) is 1.84. The van der Waals surface area contributed by atoms with E-state index in [0.29, 0.717) is 0 Å². The molecule has 0 aromatic carbocycles. The smallest absolute Gasteiger partial charge is 0.270 e. The zero-order valence-corrected chi connectivity index (χ0v) is 5.91. The molecule has 0 rings (SSSR count). The summed E-state index contributed by atoms with van der Waals surface area (Å²) >= 11 is -2.77. The van der Waals surface area contributed by atoms with Gasteiger partial charge in [-0.1, -0.05) is 0 Å². The van der Waals surface area contributed by atoms with Gasteiger partial charge in [0, 0.05) is 0 Å². The highest BCUT2D eigenvalue weighted by Gasteiger charge is 2.26. The van der Waals surface area contributed by atoms with Gasteiger partial charge in [0.25, 0.3) is 6.43 Å². The first kappa shape index (κ1) is 9.90. The fraction of sp³-hybridized carbons (Fsp3) is 1.00. The topological polar surface area (TPSA) is 40.1 Å². The van der Waals surface area contributed by atoms with Crippen LogP contribution in [0.15, 0.2) is 0 Å². The molecular weight excluding hydrogens is 169 g/mol. The van der Waals surface area contributed by atoms with E-state index in [9.17, 15) is 21.9 Å². The van der Waals surface area contributed by atoms with Crippen LogP contribution in [0.5, 0.6) is 0 Å². The van der Waals surface area contributed by atoms with Crippen molar-refractivity contribution in [3.05, 3.63) is 0 Å². The van der Waals surface area contributed by atoms with Gasteiger partial charge in [0.2, 0.25) is 0 Å². The molecule has 0 spiro atoms. The fourth-order valence-electron chi connectivity index (χ4n) is 0.311. The van der Waals surface area contributed by atoms with E-state index in [0.717, 1.165) is 6.92 Å². The number of alkyl halides is 3. The van der Waals surface area contributed by atoms with E-state index < -0.39 is 28.9 Å². The molecule has 0 aromatic heterocycles. The highest BCUT2D eigenvalue weighted by atomic mass is 32.2. The Morgan fingerprint density at radius 2 is 1.80 bits per heavy atom. The van der Waals surface area contributed by atoms with Gasteiger partial charge in [-0.3, -0.25) is 4.21 Å². The predicted molar refractivity (Wildman–Crippen MR) is 29.3 cm³/mol. The molecule has 62 valence electrons. The van der Waals surface area contributed by atoms with E-state index in [-0.39, 0.29) is 0 Å². The molecule has 0 amide bonds. The number of hydrogen-bond donors (Lipinski definition) is 0. The van der Waals surface area contributed by atoms with Crippen LogP contribution in [0.1, 0.15) is 6.92 Å². The predicted octanol–water partition coefficient (Wildman–Crippen LogP) is 0.857. The summed E-state index contributed by atoms with van der Waals surface area (Å²) in [5, 5.41) is -1.64. The van der Waals surface area contributed by atoms with E-state index in [1.165, 1.54) is 0 Å². The second-order valence-electron chi connectivity index (χ2n) is 1.74. The molecule has 0 bridgehead atoms. The summed E-state index contributed by atoms with van der Waals surface area (Å²) in [5.74, 6) is 0. The first-order valence-corrected chi connectivity index (χ1v) is 3.61. The normalized spacial score (nSPS) is 20.6. The van der Waals surface area contributed by atoms with Crippen LogP contribution in [-0.4, -0.2) is 26.6 Å². The summed E-state index contributed by atoms with van der Waals surface area (Å²) in [5.41, 5.74) is 0. The summed E-state index contributed by atoms with van der Waals surface area (Å²) in [6.07, 6.45) is -5.81. The molecule has 3 unspecified atom stereocenters. The lowest BCUT2D eigenvalue weighted by Crippen LogP contribution is -2.29. The van der Waals surface area contributed by atoms with Gasteiger partial charge in [0.05, 0.1) is 5.25 Å². The van der Waals surface area contributed by atoms with Crippen LogP contribution in [0.4, 0.5) is 13.2 Å². The Labute approximate surface area is 58.7 Å².